The van der Waals surface area contributed by atoms with Crippen molar-refractivity contribution >= 4 is 17.7 Å². The first-order chi connectivity index (χ1) is 50.4. The maximum atomic E-state index is 14.1. The van der Waals surface area contributed by atoms with Crippen LogP contribution in [-0.2, 0) is 135 Å². The lowest BCUT2D eigenvalue weighted by Crippen LogP contribution is -2.68. The molecule has 3 aliphatic heterocycles. The fraction of sp³-hybridized carbons (Fsp3) is 0.353. The number of carbonyl (C=O) groups is 1. The highest BCUT2D eigenvalue weighted by Crippen LogP contribution is 2.41. The third-order valence-corrected chi connectivity index (χ3v) is 18.9. The molecule has 3 heterocycles. The van der Waals surface area contributed by atoms with Gasteiger partial charge in [-0.3, -0.25) is 4.79 Å². The lowest BCUT2D eigenvalue weighted by atomic mass is 9.95. The molecule has 102 heavy (non-hydrogen) atoms. The van der Waals surface area contributed by atoms with Crippen LogP contribution in [-0.4, -0.2) is 123 Å². The molecule has 15 atom stereocenters. The van der Waals surface area contributed by atoms with Crippen molar-refractivity contribution in [1.29, 1.82) is 0 Å². The maximum absolute atomic E-state index is 14.1. The Morgan fingerprint density at radius 2 is 0.529 bits per heavy atom. The predicted octanol–water partition coefficient (Wildman–Crippen LogP) is 14.8. The maximum Gasteiger partial charge on any atom is 0.303 e. The number of hydrogen-bond acceptors (Lipinski definition) is 17. The number of hydrogen-bond donors (Lipinski definition) is 0. The van der Waals surface area contributed by atoms with Crippen molar-refractivity contribution in [2.45, 2.75) is 165 Å². The van der Waals surface area contributed by atoms with E-state index in [0.717, 1.165) is 50.1 Å². The Morgan fingerprint density at radius 1 is 0.294 bits per heavy atom. The SMILES string of the molecule is CCS[C@@H]1OC(COCc2ccccc2)[C@@H](OCc2ccccc2)[C@H](OCc2ccccc2)C1O[C@H]1OC(COCc2ccccc2)[C@@H](OCc2ccccc2)[C@H](OCc2ccccc2)C1O[C@H]1OC(COCc2ccccc2)[C@@H](OCc2ccccc2)[C@H](OCc2ccccc2)C1OC(C)=O. The summed E-state index contributed by atoms with van der Waals surface area (Å²) in [4.78, 5) is 14.1. The largest absolute Gasteiger partial charge is 0.454 e. The van der Waals surface area contributed by atoms with Crippen LogP contribution in [0.3, 0.4) is 0 Å². The highest BCUT2D eigenvalue weighted by atomic mass is 32.2. The molecule has 0 radical (unpaired) electrons. The minimum Gasteiger partial charge on any atom is -0.454 e. The van der Waals surface area contributed by atoms with Crippen molar-refractivity contribution in [3.05, 3.63) is 323 Å². The monoisotopic (exact) mass is 1400 g/mol. The van der Waals surface area contributed by atoms with Crippen LogP contribution < -0.4 is 0 Å². The number of rotatable bonds is 37. The molecule has 0 saturated carbocycles. The Morgan fingerprint density at radius 3 is 0.814 bits per heavy atom. The van der Waals surface area contributed by atoms with Gasteiger partial charge in [0.1, 0.15) is 72.6 Å². The molecular weight excluding hydrogens is 1310 g/mol. The highest BCUT2D eigenvalue weighted by molar-refractivity contribution is 7.99. The molecule has 0 spiro atoms. The summed E-state index contributed by atoms with van der Waals surface area (Å²) in [5, 5.41) is 0. The van der Waals surface area contributed by atoms with Gasteiger partial charge in [0.25, 0.3) is 0 Å². The van der Waals surface area contributed by atoms with E-state index in [1.54, 1.807) is 11.8 Å². The summed E-state index contributed by atoms with van der Waals surface area (Å²) >= 11 is 1.57. The van der Waals surface area contributed by atoms with Gasteiger partial charge in [0, 0.05) is 6.92 Å². The molecular formula is C85H92O16S. The highest BCUT2D eigenvalue weighted by Gasteiger charge is 2.58. The molecule has 0 aliphatic carbocycles. The van der Waals surface area contributed by atoms with Gasteiger partial charge in [-0.2, -0.15) is 0 Å². The minimum atomic E-state index is -1.46. The normalized spacial score (nSPS) is 25.0. The van der Waals surface area contributed by atoms with E-state index in [1.807, 2.05) is 273 Å². The van der Waals surface area contributed by atoms with E-state index in [1.165, 1.54) is 6.92 Å². The van der Waals surface area contributed by atoms with Crippen LogP contribution >= 0.6 is 11.8 Å². The summed E-state index contributed by atoms with van der Waals surface area (Å²) in [6.07, 6.45) is -14.5. The lowest BCUT2D eigenvalue weighted by molar-refractivity contribution is -0.391. The van der Waals surface area contributed by atoms with E-state index in [0.29, 0.717) is 12.4 Å². The second-order valence-corrected chi connectivity index (χ2v) is 26.8. The quantitative estimate of drug-likeness (QED) is 0.0339. The van der Waals surface area contributed by atoms with Crippen LogP contribution in [0.15, 0.2) is 273 Å². The second-order valence-electron chi connectivity index (χ2n) is 25.4. The molecule has 0 amide bonds. The number of carbonyl (C=O) groups excluding carboxylic acids is 1. The summed E-state index contributed by atoms with van der Waals surface area (Å²) in [6.45, 7) is 5.37. The van der Waals surface area contributed by atoms with E-state index in [2.05, 4.69) is 6.92 Å². The molecule has 17 heteroatoms. The number of esters is 1. The van der Waals surface area contributed by atoms with Crippen molar-refractivity contribution in [2.24, 2.45) is 0 Å². The first kappa shape index (κ1) is 74.0. The van der Waals surface area contributed by atoms with Gasteiger partial charge in [0.05, 0.1) is 79.3 Å². The molecule has 0 bridgehead atoms. The van der Waals surface area contributed by atoms with Crippen molar-refractivity contribution in [3.8, 4) is 0 Å². The Kier molecular flexibility index (Phi) is 28.8. The molecule has 16 nitrogen and oxygen atoms in total. The fourth-order valence-corrected chi connectivity index (χ4v) is 13.8. The lowest BCUT2D eigenvalue weighted by Gasteiger charge is -2.52. The Labute approximate surface area is 603 Å². The average molecular weight is 1400 g/mol. The zero-order valence-electron chi connectivity index (χ0n) is 57.8. The number of ether oxygens (including phenoxy) is 15. The van der Waals surface area contributed by atoms with Crippen molar-refractivity contribution in [2.75, 3.05) is 25.6 Å². The minimum absolute atomic E-state index is 0.00123. The van der Waals surface area contributed by atoms with Crippen LogP contribution in [0.5, 0.6) is 0 Å². The Balaban J connectivity index is 0.991. The number of benzene rings is 9. The van der Waals surface area contributed by atoms with Gasteiger partial charge >= 0.3 is 5.97 Å². The summed E-state index contributed by atoms with van der Waals surface area (Å²) in [5.74, 6) is 0.00488. The molecule has 3 fully saturated rings. The van der Waals surface area contributed by atoms with Crippen LogP contribution in [0.25, 0.3) is 0 Å². The molecule has 9 aromatic carbocycles. The summed E-state index contributed by atoms with van der Waals surface area (Å²) in [6, 6.07) is 89.5. The van der Waals surface area contributed by atoms with Crippen molar-refractivity contribution in [3.63, 3.8) is 0 Å². The molecule has 0 N–H and O–H groups in total. The standard InChI is InChI=1S/C85H92O16S/c1-3-102-85-82(79(95-57-70-47-29-12-30-48-70)76(92-54-67-41-23-9-24-42-67)73(99-85)60-89-51-64-35-17-6-18-36-64)101-84-81(78(94-56-69-45-27-11-28-46-69)75(91-53-66-39-21-8-22-40-66)72(98-84)59-88-50-63-33-15-5-16-34-63)100-83-80(96-61(2)86)77(93-55-68-43-25-10-26-44-68)74(90-52-65-37-19-7-20-38-65)71(97-83)58-87-49-62-31-13-4-14-32-62/h4-48,71-85H,3,49-60H2,1-2H3/t71?,72?,73?,74-,75-,76-,77+,78+,79+,80?,81?,82?,83-,84-,85+/m1/s1. The second kappa shape index (κ2) is 39.8. The topological polar surface area (TPSA) is 156 Å². The summed E-state index contributed by atoms with van der Waals surface area (Å²) < 4.78 is 108. The fourth-order valence-electron chi connectivity index (χ4n) is 12.8. The van der Waals surface area contributed by atoms with E-state index >= 15 is 0 Å². The molecule has 3 saturated heterocycles. The van der Waals surface area contributed by atoms with Crippen molar-refractivity contribution in [1.82, 2.24) is 0 Å². The summed E-state index contributed by atoms with van der Waals surface area (Å²) in [5.41, 5.74) is 7.65. The van der Waals surface area contributed by atoms with Gasteiger partial charge in [-0.25, -0.2) is 0 Å². The first-order valence-corrected chi connectivity index (χ1v) is 36.3. The van der Waals surface area contributed by atoms with Gasteiger partial charge in [0.2, 0.25) is 0 Å². The van der Waals surface area contributed by atoms with Crippen LogP contribution in [0.1, 0.15) is 63.9 Å². The van der Waals surface area contributed by atoms with Gasteiger partial charge < -0.3 is 71.1 Å². The predicted molar refractivity (Wildman–Crippen MR) is 388 cm³/mol. The zero-order chi connectivity index (χ0) is 69.8. The van der Waals surface area contributed by atoms with Gasteiger partial charge in [-0.15, -0.1) is 11.8 Å². The smallest absolute Gasteiger partial charge is 0.303 e. The van der Waals surface area contributed by atoms with Gasteiger partial charge in [-0.05, 0) is 55.8 Å². The third-order valence-electron chi connectivity index (χ3n) is 17.9. The molecule has 9 aromatic rings. The van der Waals surface area contributed by atoms with E-state index in [4.69, 9.17) is 71.1 Å². The van der Waals surface area contributed by atoms with Gasteiger partial charge in [0.15, 0.2) is 18.7 Å². The molecule has 3 aliphatic rings. The summed E-state index contributed by atoms with van der Waals surface area (Å²) in [7, 11) is 0. The van der Waals surface area contributed by atoms with Crippen LogP contribution in [0.4, 0.5) is 0 Å². The molecule has 534 valence electrons. The average Bonchev–Trinajstić information content (AvgIpc) is 0.763. The van der Waals surface area contributed by atoms with Crippen LogP contribution in [0.2, 0.25) is 0 Å². The van der Waals surface area contributed by atoms with E-state index in [-0.39, 0.29) is 72.7 Å². The van der Waals surface area contributed by atoms with Crippen molar-refractivity contribution < 1.29 is 75.8 Å². The first-order valence-electron chi connectivity index (χ1n) is 35.2. The van der Waals surface area contributed by atoms with Crippen LogP contribution in [0, 0.1) is 0 Å². The Bertz CT molecular complexity index is 3770. The third kappa shape index (κ3) is 21.9. The molecule has 12 rings (SSSR count). The van der Waals surface area contributed by atoms with E-state index in [9.17, 15) is 4.79 Å². The number of thioether (sulfide) groups is 1. The van der Waals surface area contributed by atoms with E-state index < -0.39 is 97.2 Å². The zero-order valence-corrected chi connectivity index (χ0v) is 58.6. The molecule has 0 aromatic heterocycles. The Hall–Kier alpha value is -7.76. The van der Waals surface area contributed by atoms with Gasteiger partial charge in [-0.1, -0.05) is 280 Å². The molecule has 6 unspecified atom stereocenters.